The summed E-state index contributed by atoms with van der Waals surface area (Å²) in [4.78, 5) is 23.6. The fraction of sp³-hybridized carbons (Fsp3) is 0.429. The quantitative estimate of drug-likeness (QED) is 0.867. The smallest absolute Gasteiger partial charge is 0.336 e. The number of carbonyl (C=O) groups excluding carboxylic acids is 1. The van der Waals surface area contributed by atoms with Crippen LogP contribution in [0.2, 0.25) is 0 Å². The first-order valence-corrected chi connectivity index (χ1v) is 6.23. The number of amides is 1. The highest BCUT2D eigenvalue weighted by Crippen LogP contribution is 2.19. The summed E-state index contributed by atoms with van der Waals surface area (Å²) in [6.45, 7) is 4.55. The van der Waals surface area contributed by atoms with E-state index in [1.54, 1.807) is 26.0 Å². The summed E-state index contributed by atoms with van der Waals surface area (Å²) in [5, 5.41) is 12.1. The number of aryl methyl sites for hydroxylation is 2. The lowest BCUT2D eigenvalue weighted by Gasteiger charge is -2.15. The molecule has 5 heteroatoms. The Morgan fingerprint density at radius 3 is 2.42 bits per heavy atom. The van der Waals surface area contributed by atoms with Gasteiger partial charge in [-0.25, -0.2) is 4.79 Å². The second-order valence-corrected chi connectivity index (χ2v) is 4.79. The van der Waals surface area contributed by atoms with Crippen LogP contribution in [0.5, 0.6) is 0 Å². The summed E-state index contributed by atoms with van der Waals surface area (Å²) >= 11 is 0. The van der Waals surface area contributed by atoms with E-state index in [2.05, 4.69) is 5.32 Å². The van der Waals surface area contributed by atoms with Crippen molar-refractivity contribution in [3.05, 3.63) is 34.4 Å². The Kier molecular flexibility index (Phi) is 3.85. The van der Waals surface area contributed by atoms with Gasteiger partial charge in [0.25, 0.3) is 5.91 Å². The summed E-state index contributed by atoms with van der Waals surface area (Å²) < 4.78 is 5.19. The summed E-state index contributed by atoms with van der Waals surface area (Å²) in [7, 11) is 0. The number of carbonyl (C=O) groups is 2. The summed E-state index contributed by atoms with van der Waals surface area (Å²) in [6, 6.07) is 3.45. The molecule has 2 N–H and O–H groups in total. The molecule has 1 heterocycles. The number of aromatic carboxylic acids is 1. The van der Waals surface area contributed by atoms with Gasteiger partial charge >= 0.3 is 5.97 Å². The number of nitrogens with one attached hydrogen (secondary N) is 1. The summed E-state index contributed by atoms with van der Waals surface area (Å²) in [5.74, 6) is -1.41. The van der Waals surface area contributed by atoms with E-state index in [9.17, 15) is 14.7 Å². The van der Waals surface area contributed by atoms with Gasteiger partial charge in [-0.1, -0.05) is 12.1 Å². The number of hydrogen-bond acceptors (Lipinski definition) is 3. The number of rotatable bonds is 3. The number of ether oxygens (including phenoxy) is 1. The third-order valence-electron chi connectivity index (χ3n) is 3.33. The minimum Gasteiger partial charge on any atom is -0.478 e. The third kappa shape index (κ3) is 2.76. The van der Waals surface area contributed by atoms with Crippen LogP contribution in [0.15, 0.2) is 12.1 Å². The molecule has 1 aromatic rings. The minimum atomic E-state index is -1.07. The Morgan fingerprint density at radius 2 is 1.89 bits per heavy atom. The van der Waals surface area contributed by atoms with E-state index >= 15 is 0 Å². The monoisotopic (exact) mass is 263 g/mol. The molecule has 1 amide bonds. The lowest BCUT2D eigenvalue weighted by molar-refractivity contribution is 0.0689. The Labute approximate surface area is 111 Å². The molecule has 19 heavy (non-hydrogen) atoms. The Hall–Kier alpha value is -1.88. The molecule has 2 rings (SSSR count). The molecule has 5 nitrogen and oxygen atoms in total. The van der Waals surface area contributed by atoms with Gasteiger partial charge < -0.3 is 15.2 Å². The second-order valence-electron chi connectivity index (χ2n) is 4.79. The van der Waals surface area contributed by atoms with E-state index in [0.29, 0.717) is 24.3 Å². The van der Waals surface area contributed by atoms with Crippen molar-refractivity contribution < 1.29 is 19.4 Å². The average molecular weight is 263 g/mol. The van der Waals surface area contributed by atoms with Crippen LogP contribution in [0.3, 0.4) is 0 Å². The first-order chi connectivity index (χ1) is 9.00. The molecule has 0 aromatic heterocycles. The van der Waals surface area contributed by atoms with Crippen LogP contribution in [0.25, 0.3) is 0 Å². The van der Waals surface area contributed by atoms with Crippen molar-refractivity contribution in [2.45, 2.75) is 26.3 Å². The lowest BCUT2D eigenvalue weighted by Crippen LogP contribution is -2.36. The second kappa shape index (κ2) is 5.40. The minimum absolute atomic E-state index is 0.0333. The van der Waals surface area contributed by atoms with Crippen LogP contribution in [-0.4, -0.2) is 36.2 Å². The maximum atomic E-state index is 12.3. The fourth-order valence-corrected chi connectivity index (χ4v) is 2.29. The maximum Gasteiger partial charge on any atom is 0.336 e. The van der Waals surface area contributed by atoms with Crippen LogP contribution < -0.4 is 5.32 Å². The van der Waals surface area contributed by atoms with Gasteiger partial charge in [-0.2, -0.15) is 0 Å². The van der Waals surface area contributed by atoms with E-state index in [-0.39, 0.29) is 23.1 Å². The highest BCUT2D eigenvalue weighted by molar-refractivity contribution is 6.06. The molecule has 1 fully saturated rings. The zero-order valence-corrected chi connectivity index (χ0v) is 11.0. The third-order valence-corrected chi connectivity index (χ3v) is 3.33. The molecule has 0 radical (unpaired) electrons. The van der Waals surface area contributed by atoms with Crippen molar-refractivity contribution in [2.75, 3.05) is 13.2 Å². The van der Waals surface area contributed by atoms with Gasteiger partial charge in [0.15, 0.2) is 0 Å². The first kappa shape index (κ1) is 13.5. The Balaban J connectivity index is 2.34. The maximum absolute atomic E-state index is 12.3. The molecule has 1 aromatic carbocycles. The Bertz CT molecular complexity index is 518. The van der Waals surface area contributed by atoms with Gasteiger partial charge in [-0.05, 0) is 31.4 Å². The molecule has 102 valence electrons. The molecule has 0 saturated carbocycles. The van der Waals surface area contributed by atoms with E-state index in [0.717, 1.165) is 6.42 Å². The molecule has 1 aliphatic heterocycles. The van der Waals surface area contributed by atoms with Gasteiger partial charge in [0, 0.05) is 6.61 Å². The van der Waals surface area contributed by atoms with Crippen molar-refractivity contribution in [3.8, 4) is 0 Å². The average Bonchev–Trinajstić information content (AvgIpc) is 2.83. The van der Waals surface area contributed by atoms with Crippen LogP contribution in [0.1, 0.15) is 38.3 Å². The molecule has 1 atom stereocenters. The normalized spacial score (nSPS) is 18.3. The standard InChI is InChI=1S/C14H17NO4/c1-8-3-4-9(2)12(14(17)18)11(8)13(16)15-10-5-6-19-7-10/h3-4,10H,5-7H2,1-2H3,(H,15,16)(H,17,18). The zero-order chi connectivity index (χ0) is 14.0. The first-order valence-electron chi connectivity index (χ1n) is 6.23. The van der Waals surface area contributed by atoms with Crippen molar-refractivity contribution in [1.29, 1.82) is 0 Å². The molecule has 1 unspecified atom stereocenters. The summed E-state index contributed by atoms with van der Waals surface area (Å²) in [6.07, 6.45) is 0.763. The Morgan fingerprint density at radius 1 is 1.26 bits per heavy atom. The summed E-state index contributed by atoms with van der Waals surface area (Å²) in [5.41, 5.74) is 1.58. The largest absolute Gasteiger partial charge is 0.478 e. The zero-order valence-electron chi connectivity index (χ0n) is 11.0. The van der Waals surface area contributed by atoms with Crippen LogP contribution in [0.4, 0.5) is 0 Å². The number of benzene rings is 1. The van der Waals surface area contributed by atoms with Crippen molar-refractivity contribution in [2.24, 2.45) is 0 Å². The van der Waals surface area contributed by atoms with Crippen molar-refractivity contribution in [1.82, 2.24) is 5.32 Å². The van der Waals surface area contributed by atoms with Gasteiger partial charge in [-0.15, -0.1) is 0 Å². The predicted molar refractivity (Wildman–Crippen MR) is 69.6 cm³/mol. The fourth-order valence-electron chi connectivity index (χ4n) is 2.29. The topological polar surface area (TPSA) is 75.6 Å². The van der Waals surface area contributed by atoms with E-state index < -0.39 is 5.97 Å². The van der Waals surface area contributed by atoms with Crippen LogP contribution in [-0.2, 0) is 4.74 Å². The SMILES string of the molecule is Cc1ccc(C)c(C(=O)NC2CCOC2)c1C(=O)O. The highest BCUT2D eigenvalue weighted by atomic mass is 16.5. The van der Waals surface area contributed by atoms with Crippen molar-refractivity contribution >= 4 is 11.9 Å². The van der Waals surface area contributed by atoms with E-state index in [4.69, 9.17) is 4.74 Å². The van der Waals surface area contributed by atoms with Crippen molar-refractivity contribution in [3.63, 3.8) is 0 Å². The lowest BCUT2D eigenvalue weighted by atomic mass is 9.96. The molecular formula is C14H17NO4. The molecule has 0 bridgehead atoms. The molecule has 0 aliphatic carbocycles. The van der Waals surface area contributed by atoms with Gasteiger partial charge in [0.2, 0.25) is 0 Å². The number of carboxylic acid groups (broad SMARTS) is 1. The molecule has 0 spiro atoms. The highest BCUT2D eigenvalue weighted by Gasteiger charge is 2.24. The van der Waals surface area contributed by atoms with Gasteiger partial charge in [0.1, 0.15) is 0 Å². The molecule has 1 aliphatic rings. The van der Waals surface area contributed by atoms with Crippen LogP contribution in [0, 0.1) is 13.8 Å². The van der Waals surface area contributed by atoms with E-state index in [1.165, 1.54) is 0 Å². The van der Waals surface area contributed by atoms with Gasteiger partial charge in [-0.3, -0.25) is 4.79 Å². The number of carboxylic acids is 1. The molecule has 1 saturated heterocycles. The molecular weight excluding hydrogens is 246 g/mol. The number of hydrogen-bond donors (Lipinski definition) is 2. The van der Waals surface area contributed by atoms with Gasteiger partial charge in [0.05, 0.1) is 23.8 Å². The van der Waals surface area contributed by atoms with Crippen LogP contribution >= 0.6 is 0 Å². The predicted octanol–water partition coefficient (Wildman–Crippen LogP) is 1.52. The van der Waals surface area contributed by atoms with E-state index in [1.807, 2.05) is 0 Å².